The molecule has 41 valence electrons. The van der Waals surface area contributed by atoms with Crippen LogP contribution in [0.2, 0.25) is 0 Å². The smallest absolute Gasteiger partial charge is 0.274 e. The van der Waals surface area contributed by atoms with Gasteiger partial charge < -0.3 is 0 Å². The number of hydrogen-bond acceptors (Lipinski definition) is 2. The number of rotatable bonds is 0. The minimum absolute atomic E-state index is 0. The largest absolute Gasteiger partial charge is 0.330 e. The molecule has 0 amide bonds. The molecule has 0 atom stereocenters. The quantitative estimate of drug-likeness (QED) is 0.378. The normalized spacial score (nSPS) is 9.67. The van der Waals surface area contributed by atoms with E-state index < -0.39 is 10.3 Å². The molecule has 0 saturated heterocycles. The van der Waals surface area contributed by atoms with Crippen LogP contribution in [-0.2, 0) is 29.8 Å². The Morgan fingerprint density at radius 1 is 1.50 bits per heavy atom. The van der Waals surface area contributed by atoms with Gasteiger partial charge in [-0.05, 0) is 0 Å². The summed E-state index contributed by atoms with van der Waals surface area (Å²) in [6.45, 7) is 0. The molecule has 0 saturated carbocycles. The first-order valence-corrected chi connectivity index (χ1v) is 2.25. The molecule has 6 heteroatoms. The summed E-state index contributed by atoms with van der Waals surface area (Å²) in [5, 5.41) is 3.88. The zero-order chi connectivity index (χ0) is 4.50. The molecule has 0 fully saturated rings. The van der Waals surface area contributed by atoms with Crippen molar-refractivity contribution in [2.45, 2.75) is 0 Å². The van der Waals surface area contributed by atoms with Crippen LogP contribution in [0.15, 0.2) is 0 Å². The van der Waals surface area contributed by atoms with Crippen molar-refractivity contribution in [1.82, 2.24) is 0 Å². The number of nitrogens with two attached hydrogens (primary N) is 1. The Morgan fingerprint density at radius 2 is 1.50 bits per heavy atom. The Bertz CT molecular complexity index is 94.0. The Morgan fingerprint density at radius 3 is 1.50 bits per heavy atom. The van der Waals surface area contributed by atoms with E-state index >= 15 is 0 Å². The fourth-order valence-corrected chi connectivity index (χ4v) is 0. The molecule has 6 heavy (non-hydrogen) atoms. The third-order valence-electron chi connectivity index (χ3n) is 0. The van der Waals surface area contributed by atoms with E-state index in [1.54, 1.807) is 0 Å². The molecule has 3 N–H and O–H groups in total. The van der Waals surface area contributed by atoms with Gasteiger partial charge in [-0.3, -0.25) is 4.55 Å². The molecular weight excluding hydrogens is 197 g/mol. The van der Waals surface area contributed by atoms with E-state index in [2.05, 4.69) is 5.14 Å². The van der Waals surface area contributed by atoms with Crippen LogP contribution in [0.3, 0.4) is 0 Å². The van der Waals surface area contributed by atoms with Gasteiger partial charge in [0.25, 0.3) is 0 Å². The number of hydrogen-bond donors (Lipinski definition) is 2. The Kier molecular flexibility index (Phi) is 4.25. The van der Waals surface area contributed by atoms with Crippen molar-refractivity contribution in [2.24, 2.45) is 5.14 Å². The molecule has 0 heterocycles. The van der Waals surface area contributed by atoms with Gasteiger partial charge in [-0.15, -0.1) is 0 Å². The summed E-state index contributed by atoms with van der Waals surface area (Å²) in [4.78, 5) is 0. The van der Waals surface area contributed by atoms with Gasteiger partial charge in [-0.1, -0.05) is 0 Å². The van der Waals surface area contributed by atoms with Crippen molar-refractivity contribution in [3.8, 4) is 0 Å². The zero-order valence-electron chi connectivity index (χ0n) is 2.58. The molecule has 0 rings (SSSR count). The van der Waals surface area contributed by atoms with Crippen LogP contribution in [0, 0.1) is 0 Å². The van der Waals surface area contributed by atoms with Gasteiger partial charge in [-0.2, -0.15) is 8.42 Å². The van der Waals surface area contributed by atoms with Gasteiger partial charge in [0.05, 0.1) is 0 Å². The SMILES string of the molecule is NS(=O)(=O)O.[Rh]. The standard InChI is InChI=1S/H3NO3S.Rh/c1-5(2,3)4;/h(H3,1,2,3,4);. The van der Waals surface area contributed by atoms with Crippen molar-refractivity contribution in [3.05, 3.63) is 0 Å². The van der Waals surface area contributed by atoms with Gasteiger partial charge in [-0.25, -0.2) is 5.14 Å². The first kappa shape index (κ1) is 9.71. The van der Waals surface area contributed by atoms with E-state index in [4.69, 9.17) is 13.0 Å². The molecule has 0 aliphatic carbocycles. The molecule has 0 aromatic carbocycles. The second-order valence-corrected chi connectivity index (χ2v) is 1.54. The van der Waals surface area contributed by atoms with Crippen molar-refractivity contribution in [3.63, 3.8) is 0 Å². The van der Waals surface area contributed by atoms with E-state index in [0.717, 1.165) is 0 Å². The first-order chi connectivity index (χ1) is 2.00. The second kappa shape index (κ2) is 2.63. The fourth-order valence-electron chi connectivity index (χ4n) is 0. The average Bonchev–Trinajstić information content (AvgIpc) is 0.722. The molecule has 1 radical (unpaired) electrons. The van der Waals surface area contributed by atoms with Gasteiger partial charge >= 0.3 is 10.3 Å². The molecule has 4 nitrogen and oxygen atoms in total. The molecule has 0 aromatic heterocycles. The summed E-state index contributed by atoms with van der Waals surface area (Å²) in [7, 11) is -4.17. The van der Waals surface area contributed by atoms with E-state index in [0.29, 0.717) is 0 Å². The molecule has 0 spiro atoms. The van der Waals surface area contributed by atoms with Crippen molar-refractivity contribution in [2.75, 3.05) is 0 Å². The molecule has 0 aliphatic rings. The van der Waals surface area contributed by atoms with Crippen molar-refractivity contribution in [1.29, 1.82) is 0 Å². The van der Waals surface area contributed by atoms with E-state index in [-0.39, 0.29) is 19.5 Å². The molecule has 0 bridgehead atoms. The predicted octanol–water partition coefficient (Wildman–Crippen LogP) is -1.25. The summed E-state index contributed by atoms with van der Waals surface area (Å²) >= 11 is 0. The summed E-state index contributed by atoms with van der Waals surface area (Å²) in [5.74, 6) is 0. The summed E-state index contributed by atoms with van der Waals surface area (Å²) in [5.41, 5.74) is 0. The van der Waals surface area contributed by atoms with Crippen LogP contribution in [0.1, 0.15) is 0 Å². The Hall–Kier alpha value is 0.493. The third-order valence-corrected chi connectivity index (χ3v) is 0. The van der Waals surface area contributed by atoms with E-state index in [1.807, 2.05) is 0 Å². The van der Waals surface area contributed by atoms with Crippen LogP contribution >= 0.6 is 0 Å². The molecule has 0 aromatic rings. The maximum Gasteiger partial charge on any atom is 0.330 e. The molecule has 0 unspecified atom stereocenters. The maximum absolute atomic E-state index is 8.97. The summed E-state index contributed by atoms with van der Waals surface area (Å²) in [6, 6.07) is 0. The Labute approximate surface area is 48.4 Å². The molecule has 0 aliphatic heterocycles. The zero-order valence-corrected chi connectivity index (χ0v) is 5.04. The predicted molar refractivity (Wildman–Crippen MR) is 15.7 cm³/mol. The van der Waals surface area contributed by atoms with Crippen molar-refractivity contribution >= 4 is 10.3 Å². The molecular formula is H3NO3RhS. The van der Waals surface area contributed by atoms with Crippen LogP contribution in [0.4, 0.5) is 0 Å². The van der Waals surface area contributed by atoms with Gasteiger partial charge in [0.15, 0.2) is 0 Å². The van der Waals surface area contributed by atoms with Crippen LogP contribution in [-0.4, -0.2) is 13.0 Å². The topological polar surface area (TPSA) is 80.4 Å². The third kappa shape index (κ3) is 225. The van der Waals surface area contributed by atoms with E-state index in [9.17, 15) is 0 Å². The van der Waals surface area contributed by atoms with Crippen molar-refractivity contribution < 1.29 is 32.4 Å². The summed E-state index contributed by atoms with van der Waals surface area (Å²) in [6.07, 6.45) is 0. The minimum Gasteiger partial charge on any atom is -0.274 e. The van der Waals surface area contributed by atoms with Gasteiger partial charge in [0, 0.05) is 19.5 Å². The average molecular weight is 200 g/mol. The van der Waals surface area contributed by atoms with Gasteiger partial charge in [0.2, 0.25) is 0 Å². The summed E-state index contributed by atoms with van der Waals surface area (Å²) < 4.78 is 25.2. The minimum atomic E-state index is -4.17. The van der Waals surface area contributed by atoms with Crippen LogP contribution in [0.5, 0.6) is 0 Å². The van der Waals surface area contributed by atoms with Crippen LogP contribution < -0.4 is 5.14 Å². The second-order valence-electron chi connectivity index (χ2n) is 0.515. The first-order valence-electron chi connectivity index (χ1n) is 0.752. The Balaban J connectivity index is 0. The van der Waals surface area contributed by atoms with E-state index in [1.165, 1.54) is 0 Å². The van der Waals surface area contributed by atoms with Gasteiger partial charge in [0.1, 0.15) is 0 Å². The van der Waals surface area contributed by atoms with Crippen LogP contribution in [0.25, 0.3) is 0 Å². The fraction of sp³-hybridized carbons (Fsp3) is 0. The maximum atomic E-state index is 8.97. The monoisotopic (exact) mass is 200 g/mol.